The van der Waals surface area contributed by atoms with Crippen molar-refractivity contribution in [1.29, 1.82) is 0 Å². The standard InChI is InChI=1S/2C14H21NO4.C13H19NO4.C12H19NO4.2C11H17NO4/c1-10(7-8-11(2)15(3)4)9-12(13(16)18-5)14(17)19-6;1-10(8-7-9-11(2)15(3)4)12(13(16)18-5)14(17)19-6;1-10(7-6-8-14(2)3)9-11(12(15)17-4)13(16)18-5;1-8(7-9(2)13(3)4)10(11(14)16-5)12(15)17-6;1-8(6-7-12(2)3)9(10(13)15-4)11(14)16-5;1-8(12(2)3)6-7-9(10(13)15-4)11(14)16-5/h2*7-9H,1-6H3;6-9H,1-5H3;7H,1-6H3;2*6-7H,1-5H3/b10-7+,11-8+;8-7+,11-9+;8-6+,10-7+;9-7+;7-6+;8-6+. The van der Waals surface area contributed by atoms with Gasteiger partial charge in [-0.05, 0) is 157 Å². The Morgan fingerprint density at radius 2 is 0.476 bits per heavy atom. The van der Waals surface area contributed by atoms with Gasteiger partial charge in [-0.15, -0.1) is 0 Å². The summed E-state index contributed by atoms with van der Waals surface area (Å²) in [7, 11) is 37.2. The molecule has 0 aromatic carbocycles. The normalized spacial score (nSPS) is 10.8. The molecule has 0 unspecified atom stereocenters. The maximum Gasteiger partial charge on any atom is 0.345 e. The molecule has 0 aliphatic heterocycles. The Morgan fingerprint density at radius 3 is 0.752 bits per heavy atom. The second-order valence-corrected chi connectivity index (χ2v) is 22.3. The molecule has 0 bridgehead atoms. The van der Waals surface area contributed by atoms with Gasteiger partial charge in [0, 0.05) is 107 Å². The van der Waals surface area contributed by atoms with Crippen LogP contribution >= 0.6 is 0 Å². The molecule has 0 aliphatic carbocycles. The molecule has 0 rings (SSSR count). The van der Waals surface area contributed by atoms with Crippen LogP contribution in [0.25, 0.3) is 0 Å². The summed E-state index contributed by atoms with van der Waals surface area (Å²) in [5.41, 5.74) is 6.18. The molecule has 30 heteroatoms. The van der Waals surface area contributed by atoms with E-state index in [2.05, 4.69) is 56.8 Å². The zero-order valence-corrected chi connectivity index (χ0v) is 67.6. The quantitative estimate of drug-likeness (QED) is 0.0196. The number of methoxy groups -OCH3 is 12. The van der Waals surface area contributed by atoms with Crippen LogP contribution in [0.15, 0.2) is 175 Å². The average molecular weight is 1480 g/mol. The molecule has 0 amide bonds. The SMILES string of the molecule is COC(=O)C(=C/C(C)=C/C=C(\C)N(C)C)C(=O)OC.COC(=O)C(=C/C(C)=C/C=C/N(C)C)C(=O)OC.COC(=O)C(=C/C=C(\C)N(C)C)C(=O)OC.COC(=O)C(C(=O)OC)=C(C)/C=C(\C)N(C)C.COC(=O)C(C(=O)OC)=C(C)/C=C/C=C(\C)N(C)C.COC(=O)C(C(=O)OC)=C(C)/C=C/N(C)C. The first-order chi connectivity index (χ1) is 48.8. The predicted octanol–water partition coefficient (Wildman–Crippen LogP) is 7.18. The van der Waals surface area contributed by atoms with Crippen molar-refractivity contribution in [2.24, 2.45) is 0 Å². The third-order valence-electron chi connectivity index (χ3n) is 13.1. The van der Waals surface area contributed by atoms with Crippen LogP contribution in [-0.4, -0.2) is 271 Å². The maximum absolute atomic E-state index is 11.5. The van der Waals surface area contributed by atoms with Gasteiger partial charge in [0.2, 0.25) is 0 Å². The highest BCUT2D eigenvalue weighted by Gasteiger charge is 2.25. The Hall–Kier alpha value is -11.5. The monoisotopic (exact) mass is 1480 g/mol. The van der Waals surface area contributed by atoms with E-state index in [4.69, 9.17) is 0 Å². The van der Waals surface area contributed by atoms with E-state index in [9.17, 15) is 57.5 Å². The van der Waals surface area contributed by atoms with Crippen LogP contribution in [0.1, 0.15) is 62.3 Å². The van der Waals surface area contributed by atoms with Crippen LogP contribution in [0.5, 0.6) is 0 Å². The highest BCUT2D eigenvalue weighted by Crippen LogP contribution is 2.16. The Morgan fingerprint density at radius 1 is 0.229 bits per heavy atom. The Kier molecular flexibility index (Phi) is 58.8. The van der Waals surface area contributed by atoms with Gasteiger partial charge in [-0.25, -0.2) is 57.5 Å². The minimum Gasteiger partial charge on any atom is -0.465 e. The summed E-state index contributed by atoms with van der Waals surface area (Å²) < 4.78 is 54.4. The Labute approximate surface area is 620 Å². The Bertz CT molecular complexity index is 3320. The third-order valence-corrected chi connectivity index (χ3v) is 13.1. The molecular formula is C75H114N6O24. The molecule has 30 nitrogen and oxygen atoms in total. The zero-order valence-electron chi connectivity index (χ0n) is 67.6. The van der Waals surface area contributed by atoms with Gasteiger partial charge in [-0.3, -0.25) is 0 Å². The van der Waals surface area contributed by atoms with Crippen molar-refractivity contribution in [2.45, 2.75) is 62.3 Å². The van der Waals surface area contributed by atoms with Crippen molar-refractivity contribution in [3.63, 3.8) is 0 Å². The minimum absolute atomic E-state index is 0.0869. The van der Waals surface area contributed by atoms with Crippen molar-refractivity contribution in [1.82, 2.24) is 29.4 Å². The van der Waals surface area contributed by atoms with E-state index in [1.807, 2.05) is 155 Å². The lowest BCUT2D eigenvalue weighted by atomic mass is 10.1. The summed E-state index contributed by atoms with van der Waals surface area (Å²) in [4.78, 5) is 148. The molecule has 0 spiro atoms. The molecule has 0 saturated carbocycles. The van der Waals surface area contributed by atoms with Gasteiger partial charge >= 0.3 is 71.6 Å². The molecular weight excluding hydrogens is 1370 g/mol. The van der Waals surface area contributed by atoms with Crippen LogP contribution in [0.3, 0.4) is 0 Å². The molecule has 0 aromatic rings. The smallest absolute Gasteiger partial charge is 0.345 e. The lowest BCUT2D eigenvalue weighted by Gasteiger charge is -2.13. The molecule has 0 saturated heterocycles. The van der Waals surface area contributed by atoms with Crippen molar-refractivity contribution < 1.29 is 114 Å². The van der Waals surface area contributed by atoms with Crippen molar-refractivity contribution in [2.75, 3.05) is 170 Å². The van der Waals surface area contributed by atoms with E-state index < -0.39 is 71.6 Å². The summed E-state index contributed by atoms with van der Waals surface area (Å²) in [5.74, 6) is -8.50. The summed E-state index contributed by atoms with van der Waals surface area (Å²) in [6.45, 7) is 16.1. The Balaban J connectivity index is -0.000000280. The topological polar surface area (TPSA) is 335 Å². The lowest BCUT2D eigenvalue weighted by Crippen LogP contribution is -2.18. The van der Waals surface area contributed by atoms with Crippen LogP contribution in [0.2, 0.25) is 0 Å². The van der Waals surface area contributed by atoms with E-state index in [0.29, 0.717) is 16.7 Å². The van der Waals surface area contributed by atoms with E-state index >= 15 is 0 Å². The highest BCUT2D eigenvalue weighted by atomic mass is 16.6. The van der Waals surface area contributed by atoms with Gasteiger partial charge in [-0.1, -0.05) is 24.3 Å². The second kappa shape index (κ2) is 59.1. The number of carbonyl (C=O) groups excluding carboxylic acids is 12. The summed E-state index contributed by atoms with van der Waals surface area (Å²) in [6.07, 6.45) is 25.4. The van der Waals surface area contributed by atoms with Crippen LogP contribution in [-0.2, 0) is 114 Å². The van der Waals surface area contributed by atoms with Crippen LogP contribution in [0.4, 0.5) is 0 Å². The number of ether oxygens (including phenoxy) is 12. The number of carbonyl (C=O) groups is 12. The predicted molar refractivity (Wildman–Crippen MR) is 399 cm³/mol. The zero-order chi connectivity index (χ0) is 83.1. The molecule has 588 valence electrons. The average Bonchev–Trinajstić information content (AvgIpc) is 1.29. The fourth-order valence-corrected chi connectivity index (χ4v) is 6.21. The first-order valence-electron chi connectivity index (χ1n) is 31.2. The van der Waals surface area contributed by atoms with E-state index in [1.165, 1.54) is 104 Å². The van der Waals surface area contributed by atoms with E-state index in [0.717, 1.165) is 33.9 Å². The fourth-order valence-electron chi connectivity index (χ4n) is 6.21. The second-order valence-electron chi connectivity index (χ2n) is 22.3. The molecule has 0 radical (unpaired) electrons. The lowest BCUT2D eigenvalue weighted by molar-refractivity contribution is -0.145. The van der Waals surface area contributed by atoms with Crippen molar-refractivity contribution in [3.05, 3.63) is 175 Å². The molecule has 0 N–H and O–H groups in total. The van der Waals surface area contributed by atoms with E-state index in [-0.39, 0.29) is 33.4 Å². The van der Waals surface area contributed by atoms with E-state index in [1.54, 1.807) is 94.3 Å². The fraction of sp³-hybridized carbons (Fsp3) is 0.440. The number of hydrogen-bond acceptors (Lipinski definition) is 30. The molecule has 0 heterocycles. The number of rotatable bonds is 27. The summed E-state index contributed by atoms with van der Waals surface area (Å²) >= 11 is 0. The first-order valence-corrected chi connectivity index (χ1v) is 31.2. The van der Waals surface area contributed by atoms with Crippen molar-refractivity contribution >= 4 is 71.6 Å². The molecule has 0 aromatic heterocycles. The summed E-state index contributed by atoms with van der Waals surface area (Å²) in [6, 6.07) is 0. The van der Waals surface area contributed by atoms with Crippen molar-refractivity contribution in [3.8, 4) is 0 Å². The number of allylic oxidation sites excluding steroid dienone is 22. The van der Waals surface area contributed by atoms with Crippen LogP contribution < -0.4 is 0 Å². The molecule has 0 atom stereocenters. The number of nitrogens with zero attached hydrogens (tertiary/aromatic N) is 6. The summed E-state index contributed by atoms with van der Waals surface area (Å²) in [5, 5.41) is 0. The van der Waals surface area contributed by atoms with Gasteiger partial charge in [-0.2, -0.15) is 0 Å². The molecule has 0 aliphatic rings. The molecule has 0 fully saturated rings. The molecule has 105 heavy (non-hydrogen) atoms. The third kappa shape index (κ3) is 46.6. The largest absolute Gasteiger partial charge is 0.465 e. The maximum atomic E-state index is 11.5. The van der Waals surface area contributed by atoms with Gasteiger partial charge in [0.25, 0.3) is 0 Å². The first kappa shape index (κ1) is 105. The van der Waals surface area contributed by atoms with Crippen LogP contribution in [0, 0.1) is 0 Å². The number of hydrogen-bond donors (Lipinski definition) is 0. The minimum atomic E-state index is -0.716. The van der Waals surface area contributed by atoms with Gasteiger partial charge in [0.1, 0.15) is 33.4 Å². The van der Waals surface area contributed by atoms with Gasteiger partial charge in [0.05, 0.1) is 85.3 Å². The number of esters is 12. The van der Waals surface area contributed by atoms with Gasteiger partial charge in [0.15, 0.2) is 0 Å². The van der Waals surface area contributed by atoms with Gasteiger partial charge < -0.3 is 86.2 Å². The highest BCUT2D eigenvalue weighted by molar-refractivity contribution is 6.17.